The van der Waals surface area contributed by atoms with E-state index in [4.69, 9.17) is 9.57 Å². The summed E-state index contributed by atoms with van der Waals surface area (Å²) in [4.78, 5) is 40.3. The van der Waals surface area contributed by atoms with Crippen LogP contribution in [0.25, 0.3) is 0 Å². The summed E-state index contributed by atoms with van der Waals surface area (Å²) in [6.45, 7) is 5.16. The van der Waals surface area contributed by atoms with E-state index in [0.29, 0.717) is 6.29 Å². The Morgan fingerprint density at radius 1 is 1.26 bits per heavy atom. The van der Waals surface area contributed by atoms with E-state index < -0.39 is 23.6 Å². The summed E-state index contributed by atoms with van der Waals surface area (Å²) in [5.74, 6) is -0.497. The van der Waals surface area contributed by atoms with Gasteiger partial charge in [-0.1, -0.05) is 0 Å². The van der Waals surface area contributed by atoms with Gasteiger partial charge in [-0.2, -0.15) is 0 Å². The standard InChI is InChI=1S/C12H22N2O5/c1-12(2,3)19-11(17)13(4)9(7-8-15)10(16)14(5)18-6/h8-9H,7H2,1-6H3/t9-/m0/s1. The Labute approximate surface area is 113 Å². The molecule has 1 atom stereocenters. The van der Waals surface area contributed by atoms with Gasteiger partial charge in [0.15, 0.2) is 0 Å². The normalized spacial score (nSPS) is 12.5. The first-order chi connectivity index (χ1) is 8.64. The summed E-state index contributed by atoms with van der Waals surface area (Å²) < 4.78 is 5.15. The lowest BCUT2D eigenvalue weighted by Crippen LogP contribution is -2.49. The summed E-state index contributed by atoms with van der Waals surface area (Å²) in [5, 5.41) is 0.967. The molecule has 0 radical (unpaired) electrons. The monoisotopic (exact) mass is 274 g/mol. The minimum Gasteiger partial charge on any atom is -0.444 e. The third-order valence-corrected chi connectivity index (χ3v) is 2.34. The van der Waals surface area contributed by atoms with Gasteiger partial charge in [-0.05, 0) is 20.8 Å². The van der Waals surface area contributed by atoms with Crippen LogP contribution < -0.4 is 0 Å². The van der Waals surface area contributed by atoms with Crippen molar-refractivity contribution in [1.29, 1.82) is 0 Å². The van der Waals surface area contributed by atoms with E-state index in [2.05, 4.69) is 0 Å². The van der Waals surface area contributed by atoms with Gasteiger partial charge in [-0.25, -0.2) is 9.86 Å². The average Bonchev–Trinajstić information content (AvgIpc) is 2.31. The van der Waals surface area contributed by atoms with E-state index in [9.17, 15) is 14.4 Å². The van der Waals surface area contributed by atoms with E-state index in [-0.39, 0.29) is 6.42 Å². The minimum atomic E-state index is -0.947. The number of hydrogen-bond donors (Lipinski definition) is 0. The molecular formula is C12H22N2O5. The van der Waals surface area contributed by atoms with Crippen molar-refractivity contribution in [2.24, 2.45) is 0 Å². The van der Waals surface area contributed by atoms with Crippen LogP contribution in [-0.4, -0.2) is 61.1 Å². The maximum atomic E-state index is 12.0. The van der Waals surface area contributed by atoms with Gasteiger partial charge >= 0.3 is 6.09 Å². The number of aldehydes is 1. The van der Waals surface area contributed by atoms with Gasteiger partial charge in [-0.3, -0.25) is 14.5 Å². The van der Waals surface area contributed by atoms with Gasteiger partial charge in [0.05, 0.1) is 7.11 Å². The summed E-state index contributed by atoms with van der Waals surface area (Å²) in [5.41, 5.74) is -0.673. The highest BCUT2D eigenvalue weighted by molar-refractivity contribution is 5.86. The van der Waals surface area contributed by atoms with Crippen molar-refractivity contribution in [3.05, 3.63) is 0 Å². The second-order valence-electron chi connectivity index (χ2n) is 5.03. The van der Waals surface area contributed by atoms with Crippen molar-refractivity contribution in [2.45, 2.75) is 38.8 Å². The lowest BCUT2D eigenvalue weighted by atomic mass is 10.2. The lowest BCUT2D eigenvalue weighted by molar-refractivity contribution is -0.174. The van der Waals surface area contributed by atoms with Crippen LogP contribution in [0.4, 0.5) is 4.79 Å². The van der Waals surface area contributed by atoms with Gasteiger partial charge < -0.3 is 9.53 Å². The van der Waals surface area contributed by atoms with Crippen LogP contribution >= 0.6 is 0 Å². The molecule has 0 aromatic rings. The number of carbonyl (C=O) groups is 3. The summed E-state index contributed by atoms with van der Waals surface area (Å²) in [7, 11) is 4.13. The Balaban J connectivity index is 4.93. The molecule has 0 rings (SSSR count). The van der Waals surface area contributed by atoms with Crippen LogP contribution in [-0.2, 0) is 19.2 Å². The molecule has 0 fully saturated rings. The molecule has 0 N–H and O–H groups in total. The molecule has 2 amide bonds. The number of hydroxylamine groups is 2. The molecule has 0 aliphatic heterocycles. The van der Waals surface area contributed by atoms with Gasteiger partial charge in [0.1, 0.15) is 17.9 Å². The fourth-order valence-corrected chi connectivity index (χ4v) is 1.28. The van der Waals surface area contributed by atoms with Crippen LogP contribution in [0.15, 0.2) is 0 Å². The predicted molar refractivity (Wildman–Crippen MR) is 68.2 cm³/mol. The fourth-order valence-electron chi connectivity index (χ4n) is 1.28. The number of rotatable bonds is 5. The molecule has 0 heterocycles. The first kappa shape index (κ1) is 17.4. The van der Waals surface area contributed by atoms with E-state index in [1.165, 1.54) is 21.2 Å². The highest BCUT2D eigenvalue weighted by Gasteiger charge is 2.31. The summed E-state index contributed by atoms with van der Waals surface area (Å²) >= 11 is 0. The van der Waals surface area contributed by atoms with Crippen LogP contribution in [0.5, 0.6) is 0 Å². The fraction of sp³-hybridized carbons (Fsp3) is 0.750. The van der Waals surface area contributed by atoms with Crippen molar-refractivity contribution in [2.75, 3.05) is 21.2 Å². The Morgan fingerprint density at radius 3 is 2.16 bits per heavy atom. The molecule has 0 aromatic heterocycles. The Hall–Kier alpha value is -1.63. The van der Waals surface area contributed by atoms with Crippen LogP contribution in [0.1, 0.15) is 27.2 Å². The molecule has 110 valence electrons. The first-order valence-corrected chi connectivity index (χ1v) is 5.85. The highest BCUT2D eigenvalue weighted by Crippen LogP contribution is 2.13. The predicted octanol–water partition coefficient (Wildman–Crippen LogP) is 0.831. The second-order valence-corrected chi connectivity index (χ2v) is 5.03. The van der Waals surface area contributed by atoms with Crippen molar-refractivity contribution >= 4 is 18.3 Å². The first-order valence-electron chi connectivity index (χ1n) is 5.85. The Kier molecular flexibility index (Phi) is 6.47. The molecular weight excluding hydrogens is 252 g/mol. The van der Waals surface area contributed by atoms with Crippen LogP contribution in [0, 0.1) is 0 Å². The van der Waals surface area contributed by atoms with Crippen molar-refractivity contribution in [3.63, 3.8) is 0 Å². The average molecular weight is 274 g/mol. The minimum absolute atomic E-state index is 0.123. The smallest absolute Gasteiger partial charge is 0.410 e. The number of carbonyl (C=O) groups excluding carboxylic acids is 3. The molecule has 0 unspecified atom stereocenters. The lowest BCUT2D eigenvalue weighted by Gasteiger charge is -2.30. The molecule has 0 bridgehead atoms. The van der Waals surface area contributed by atoms with Gasteiger partial charge in [0, 0.05) is 20.5 Å². The van der Waals surface area contributed by atoms with E-state index in [0.717, 1.165) is 9.96 Å². The van der Waals surface area contributed by atoms with Crippen molar-refractivity contribution in [3.8, 4) is 0 Å². The maximum Gasteiger partial charge on any atom is 0.410 e. The second kappa shape index (κ2) is 7.08. The van der Waals surface area contributed by atoms with Crippen molar-refractivity contribution in [1.82, 2.24) is 9.96 Å². The van der Waals surface area contributed by atoms with Crippen LogP contribution in [0.3, 0.4) is 0 Å². The Bertz CT molecular complexity index is 338. The van der Waals surface area contributed by atoms with Crippen LogP contribution in [0.2, 0.25) is 0 Å². The topological polar surface area (TPSA) is 76.2 Å². The SMILES string of the molecule is CON(C)C(=O)[C@H](CC=O)N(C)C(=O)OC(C)(C)C. The van der Waals surface area contributed by atoms with E-state index >= 15 is 0 Å². The summed E-state index contributed by atoms with van der Waals surface area (Å²) in [6.07, 6.45) is -0.216. The molecule has 0 aliphatic carbocycles. The van der Waals surface area contributed by atoms with E-state index in [1.54, 1.807) is 20.8 Å². The Morgan fingerprint density at radius 2 is 1.79 bits per heavy atom. The zero-order chi connectivity index (χ0) is 15.2. The van der Waals surface area contributed by atoms with Gasteiger partial charge in [0.25, 0.3) is 5.91 Å². The number of hydrogen-bond acceptors (Lipinski definition) is 5. The van der Waals surface area contributed by atoms with Gasteiger partial charge in [0.2, 0.25) is 0 Å². The number of amides is 2. The molecule has 0 saturated heterocycles. The third-order valence-electron chi connectivity index (χ3n) is 2.34. The van der Waals surface area contributed by atoms with E-state index in [1.807, 2.05) is 0 Å². The molecule has 0 aromatic carbocycles. The van der Waals surface area contributed by atoms with Gasteiger partial charge in [-0.15, -0.1) is 0 Å². The maximum absolute atomic E-state index is 12.0. The summed E-state index contributed by atoms with van der Waals surface area (Å²) in [6, 6.07) is -0.947. The quantitative estimate of drug-likeness (QED) is 0.548. The van der Waals surface area contributed by atoms with Crippen molar-refractivity contribution < 1.29 is 24.0 Å². The molecule has 7 nitrogen and oxygen atoms in total. The molecule has 0 saturated carbocycles. The zero-order valence-electron chi connectivity index (χ0n) is 12.3. The molecule has 7 heteroatoms. The molecule has 0 spiro atoms. The zero-order valence-corrected chi connectivity index (χ0v) is 12.3. The largest absolute Gasteiger partial charge is 0.444 e. The number of ether oxygens (including phenoxy) is 1. The third kappa shape index (κ3) is 5.69. The molecule has 19 heavy (non-hydrogen) atoms. The number of nitrogens with zero attached hydrogens (tertiary/aromatic N) is 2. The molecule has 0 aliphatic rings. The highest BCUT2D eigenvalue weighted by atomic mass is 16.7. The number of likely N-dealkylation sites (N-methyl/N-ethyl adjacent to an activating group) is 2.